The maximum Gasteiger partial charge on any atom is 0.377 e. The summed E-state index contributed by atoms with van der Waals surface area (Å²) in [5.74, 6) is 0.308. The van der Waals surface area contributed by atoms with E-state index in [0.717, 1.165) is 12.7 Å². The Morgan fingerprint density at radius 2 is 1.34 bits per heavy atom. The largest absolute Gasteiger partial charge is 0.493 e. The first-order valence-corrected chi connectivity index (χ1v) is 11.1. The summed E-state index contributed by atoms with van der Waals surface area (Å²) in [5, 5.41) is 7.97. The number of methoxy groups -OCH3 is 5. The van der Waals surface area contributed by atoms with Gasteiger partial charge >= 0.3 is 11.9 Å². The van der Waals surface area contributed by atoms with Crippen molar-refractivity contribution in [3.8, 4) is 45.5 Å². The van der Waals surface area contributed by atoms with Crippen molar-refractivity contribution in [1.82, 2.24) is 10.3 Å². The molecule has 0 unspecified atom stereocenters. The van der Waals surface area contributed by atoms with Crippen molar-refractivity contribution < 1.29 is 47.1 Å². The Labute approximate surface area is 216 Å². The van der Waals surface area contributed by atoms with Crippen LogP contribution >= 0.6 is 0 Å². The minimum atomic E-state index is -0.865. The van der Waals surface area contributed by atoms with E-state index < -0.39 is 11.9 Å². The van der Waals surface area contributed by atoms with Gasteiger partial charge in [-0.2, -0.15) is 0 Å². The quantitative estimate of drug-likeness (QED) is 0.275. The van der Waals surface area contributed by atoms with Crippen LogP contribution in [-0.2, 0) is 16.1 Å². The van der Waals surface area contributed by atoms with Crippen LogP contribution in [0.3, 0.4) is 0 Å². The topological polar surface area (TPSA) is 142 Å². The second-order valence-electron chi connectivity index (χ2n) is 7.62. The second-order valence-corrected chi connectivity index (χ2v) is 7.62. The van der Waals surface area contributed by atoms with Crippen molar-refractivity contribution in [2.75, 3.05) is 35.5 Å². The van der Waals surface area contributed by atoms with Gasteiger partial charge in [0.05, 0.1) is 35.5 Å². The SMILES string of the molecule is COC(=O)c1onc(-c2ccc(OCc3cc(-c4ccc(OC)c(OC)c4)no3)c(OC)c2)c1C(=O)OC. The molecule has 0 fully saturated rings. The normalized spacial score (nSPS) is 10.6. The van der Waals surface area contributed by atoms with E-state index in [4.69, 9.17) is 32.7 Å². The molecule has 0 saturated heterocycles. The Balaban J connectivity index is 1.55. The summed E-state index contributed by atoms with van der Waals surface area (Å²) in [4.78, 5) is 24.4. The molecule has 0 N–H and O–H groups in total. The fourth-order valence-corrected chi connectivity index (χ4v) is 3.61. The number of carbonyl (C=O) groups is 2. The van der Waals surface area contributed by atoms with Crippen LogP contribution in [-0.4, -0.2) is 57.8 Å². The van der Waals surface area contributed by atoms with Gasteiger partial charge in [0, 0.05) is 17.2 Å². The molecule has 12 nitrogen and oxygen atoms in total. The van der Waals surface area contributed by atoms with Crippen molar-refractivity contribution in [2.45, 2.75) is 6.61 Å². The number of carbonyl (C=O) groups excluding carboxylic acids is 2. The lowest BCUT2D eigenvalue weighted by Crippen LogP contribution is -2.10. The first-order chi connectivity index (χ1) is 18.4. The van der Waals surface area contributed by atoms with E-state index in [9.17, 15) is 9.59 Å². The molecule has 0 atom stereocenters. The highest BCUT2D eigenvalue weighted by Gasteiger charge is 2.30. The molecule has 12 heteroatoms. The summed E-state index contributed by atoms with van der Waals surface area (Å²) in [7, 11) is 6.91. The van der Waals surface area contributed by atoms with Gasteiger partial charge in [-0.3, -0.25) is 0 Å². The molecule has 0 aliphatic rings. The number of rotatable bonds is 10. The molecule has 0 saturated carbocycles. The molecule has 2 aromatic carbocycles. The molecule has 0 bridgehead atoms. The Hall–Kier alpha value is -5.00. The predicted molar refractivity (Wildman–Crippen MR) is 131 cm³/mol. The van der Waals surface area contributed by atoms with E-state index in [2.05, 4.69) is 15.1 Å². The standard InChI is InChI=1S/C26H24N2O10/c1-31-18-8-6-14(10-20(18)32-2)17-12-16(37-27-17)13-36-19-9-7-15(11-21(19)33-3)23-22(25(29)34-4)24(38-28-23)26(30)35-5/h6-12H,13H2,1-5H3. The van der Waals surface area contributed by atoms with E-state index in [0.29, 0.717) is 40.0 Å². The molecule has 2 heterocycles. The molecular weight excluding hydrogens is 500 g/mol. The molecule has 0 aliphatic heterocycles. The minimum Gasteiger partial charge on any atom is -0.493 e. The fraction of sp³-hybridized carbons (Fsp3) is 0.231. The molecule has 2 aromatic heterocycles. The molecule has 0 radical (unpaired) electrons. The fourth-order valence-electron chi connectivity index (χ4n) is 3.61. The van der Waals surface area contributed by atoms with Crippen LogP contribution in [0.2, 0.25) is 0 Å². The van der Waals surface area contributed by atoms with Crippen LogP contribution in [0.4, 0.5) is 0 Å². The summed E-state index contributed by atoms with van der Waals surface area (Å²) >= 11 is 0. The van der Waals surface area contributed by atoms with Gasteiger partial charge in [-0.15, -0.1) is 0 Å². The monoisotopic (exact) mass is 524 g/mol. The molecule has 0 amide bonds. The number of benzene rings is 2. The highest BCUT2D eigenvalue weighted by atomic mass is 16.6. The zero-order chi connectivity index (χ0) is 27.2. The van der Waals surface area contributed by atoms with Gasteiger partial charge in [-0.25, -0.2) is 9.59 Å². The number of aromatic nitrogens is 2. The summed E-state index contributed by atoms with van der Waals surface area (Å²) in [6.45, 7) is 0.0554. The van der Waals surface area contributed by atoms with Crippen LogP contribution in [0.25, 0.3) is 22.5 Å². The van der Waals surface area contributed by atoms with Crippen LogP contribution in [0, 0.1) is 0 Å². The number of nitrogens with zero attached hydrogens (tertiary/aromatic N) is 2. The Bertz CT molecular complexity index is 1460. The maximum atomic E-state index is 12.3. The van der Waals surface area contributed by atoms with Crippen molar-refractivity contribution in [1.29, 1.82) is 0 Å². The van der Waals surface area contributed by atoms with Gasteiger partial charge in [0.15, 0.2) is 28.8 Å². The number of esters is 2. The van der Waals surface area contributed by atoms with Crippen molar-refractivity contribution in [2.24, 2.45) is 0 Å². The van der Waals surface area contributed by atoms with E-state index in [1.807, 2.05) is 6.07 Å². The molecular formula is C26H24N2O10. The number of hydrogen-bond acceptors (Lipinski definition) is 12. The van der Waals surface area contributed by atoms with Crippen LogP contribution < -0.4 is 18.9 Å². The molecule has 4 rings (SSSR count). The van der Waals surface area contributed by atoms with E-state index in [-0.39, 0.29) is 23.6 Å². The average molecular weight is 524 g/mol. The molecule has 0 aliphatic carbocycles. The molecule has 38 heavy (non-hydrogen) atoms. The van der Waals surface area contributed by atoms with Crippen molar-refractivity contribution in [3.63, 3.8) is 0 Å². The van der Waals surface area contributed by atoms with Crippen LogP contribution in [0.1, 0.15) is 26.7 Å². The number of ether oxygens (including phenoxy) is 6. The highest BCUT2D eigenvalue weighted by molar-refractivity contribution is 6.05. The molecule has 198 valence electrons. The maximum absolute atomic E-state index is 12.3. The third-order valence-corrected chi connectivity index (χ3v) is 5.50. The zero-order valence-electron chi connectivity index (χ0n) is 21.2. The average Bonchev–Trinajstić information content (AvgIpc) is 3.62. The van der Waals surface area contributed by atoms with Crippen molar-refractivity contribution >= 4 is 11.9 Å². The van der Waals surface area contributed by atoms with Gasteiger partial charge in [0.2, 0.25) is 0 Å². The Morgan fingerprint density at radius 1 is 0.711 bits per heavy atom. The van der Waals surface area contributed by atoms with Gasteiger partial charge in [-0.05, 0) is 36.4 Å². The Kier molecular flexibility index (Phi) is 7.80. The summed E-state index contributed by atoms with van der Waals surface area (Å²) < 4.78 is 41.9. The zero-order valence-corrected chi connectivity index (χ0v) is 21.2. The minimum absolute atomic E-state index is 0.0554. The third kappa shape index (κ3) is 5.09. The lowest BCUT2D eigenvalue weighted by atomic mass is 10.1. The van der Waals surface area contributed by atoms with Gasteiger partial charge < -0.3 is 37.5 Å². The first-order valence-electron chi connectivity index (χ1n) is 11.1. The third-order valence-electron chi connectivity index (χ3n) is 5.50. The van der Waals surface area contributed by atoms with Gasteiger partial charge in [0.1, 0.15) is 23.6 Å². The lowest BCUT2D eigenvalue weighted by molar-refractivity contribution is 0.0521. The van der Waals surface area contributed by atoms with E-state index in [1.165, 1.54) is 14.2 Å². The smallest absolute Gasteiger partial charge is 0.377 e. The second kappa shape index (κ2) is 11.4. The van der Waals surface area contributed by atoms with E-state index in [1.54, 1.807) is 50.6 Å². The van der Waals surface area contributed by atoms with Gasteiger partial charge in [0.25, 0.3) is 5.76 Å². The predicted octanol–water partition coefficient (Wildman–Crippen LogP) is 4.17. The number of hydrogen-bond donors (Lipinski definition) is 0. The highest BCUT2D eigenvalue weighted by Crippen LogP contribution is 2.36. The summed E-state index contributed by atoms with van der Waals surface area (Å²) in [5.41, 5.74) is 1.70. The molecule has 0 spiro atoms. The Morgan fingerprint density at radius 3 is 2.03 bits per heavy atom. The first kappa shape index (κ1) is 26.1. The van der Waals surface area contributed by atoms with E-state index >= 15 is 0 Å². The van der Waals surface area contributed by atoms with Gasteiger partial charge in [-0.1, -0.05) is 10.3 Å². The van der Waals surface area contributed by atoms with Crippen LogP contribution in [0.5, 0.6) is 23.0 Å². The van der Waals surface area contributed by atoms with Crippen LogP contribution in [0.15, 0.2) is 51.5 Å². The lowest BCUT2D eigenvalue weighted by Gasteiger charge is -2.11. The summed E-state index contributed by atoms with van der Waals surface area (Å²) in [6.07, 6.45) is 0. The molecule has 4 aromatic rings. The van der Waals surface area contributed by atoms with Crippen molar-refractivity contribution in [3.05, 3.63) is 59.5 Å². The summed E-state index contributed by atoms with van der Waals surface area (Å²) in [6, 6.07) is 12.0.